The second-order valence-corrected chi connectivity index (χ2v) is 10.1. The molecule has 0 spiro atoms. The van der Waals surface area contributed by atoms with Crippen LogP contribution in [0.2, 0.25) is 0 Å². The van der Waals surface area contributed by atoms with Crippen LogP contribution in [0.15, 0.2) is 24.3 Å². The molecule has 234 valence electrons. The third-order valence-electron chi connectivity index (χ3n) is 5.21. The minimum atomic E-state index is -1.41. The van der Waals surface area contributed by atoms with E-state index < -0.39 is 65.5 Å². The van der Waals surface area contributed by atoms with Crippen molar-refractivity contribution in [1.29, 1.82) is 0 Å². The molecule has 1 atom stereocenters. The zero-order valence-corrected chi connectivity index (χ0v) is 24.1. The zero-order chi connectivity index (χ0) is 31.9. The normalized spacial score (nSPS) is 12.0. The third kappa shape index (κ3) is 14.4. The predicted octanol–water partition coefficient (Wildman–Crippen LogP) is 1.98. The third-order valence-corrected chi connectivity index (χ3v) is 5.21. The molecule has 1 unspecified atom stereocenters. The van der Waals surface area contributed by atoms with E-state index in [-0.39, 0.29) is 24.3 Å². The number of hydrogen-bond acceptors (Lipinski definition) is 15. The second-order valence-electron chi connectivity index (χ2n) is 10.1. The van der Waals surface area contributed by atoms with Gasteiger partial charge in [-0.15, -0.1) is 10.1 Å². The van der Waals surface area contributed by atoms with Crippen molar-refractivity contribution in [3.63, 3.8) is 0 Å². The highest BCUT2D eigenvalue weighted by Gasteiger charge is 2.33. The van der Waals surface area contributed by atoms with Gasteiger partial charge in [0.1, 0.15) is 22.5 Å². The standard InChI is InChI=1S/C26H36N2O14/c1-17(39-24(33)18-10-6-7-11-19(18)40-22(31)15-36-21(30)16-37-27)23(32)42-26(4,5)14-20(29)41-25(2,3)12-8-9-13-38-28(34)35/h6-7,10-11,17H,8-9,12-16,27H2,1-5H3. The Morgan fingerprint density at radius 1 is 0.929 bits per heavy atom. The lowest BCUT2D eigenvalue weighted by molar-refractivity contribution is -0.757. The van der Waals surface area contributed by atoms with Gasteiger partial charge in [-0.05, 0) is 66.0 Å². The van der Waals surface area contributed by atoms with Gasteiger partial charge >= 0.3 is 29.8 Å². The zero-order valence-electron chi connectivity index (χ0n) is 24.1. The van der Waals surface area contributed by atoms with Crippen LogP contribution in [0.3, 0.4) is 0 Å². The Kier molecular flexibility index (Phi) is 14.3. The summed E-state index contributed by atoms with van der Waals surface area (Å²) in [6.07, 6.45) is -0.400. The van der Waals surface area contributed by atoms with Crippen LogP contribution in [-0.2, 0) is 47.8 Å². The number of para-hydroxylation sites is 1. The largest absolute Gasteiger partial charge is 0.460 e. The Labute approximate surface area is 241 Å². The molecule has 16 nitrogen and oxygen atoms in total. The number of carbonyl (C=O) groups excluding carboxylic acids is 5. The fraction of sp³-hybridized carbons (Fsp3) is 0.577. The number of benzene rings is 1. The van der Waals surface area contributed by atoms with Gasteiger partial charge in [-0.25, -0.2) is 25.1 Å². The van der Waals surface area contributed by atoms with Gasteiger partial charge in [-0.2, -0.15) is 0 Å². The molecule has 0 heterocycles. The van der Waals surface area contributed by atoms with Crippen molar-refractivity contribution in [1.82, 2.24) is 0 Å². The van der Waals surface area contributed by atoms with Gasteiger partial charge in [0, 0.05) is 0 Å². The number of nitrogens with zero attached hydrogens (tertiary/aromatic N) is 1. The van der Waals surface area contributed by atoms with Gasteiger partial charge < -0.3 is 28.5 Å². The summed E-state index contributed by atoms with van der Waals surface area (Å²) in [5.41, 5.74) is -2.41. The summed E-state index contributed by atoms with van der Waals surface area (Å²) >= 11 is 0. The SMILES string of the molecule is CC(OC(=O)c1ccccc1OC(=O)COC(=O)CON)C(=O)OC(C)(C)CC(=O)OC(C)(C)CCCCO[N+](=O)[O-]. The first kappa shape index (κ1) is 35.7. The highest BCUT2D eigenvalue weighted by molar-refractivity contribution is 5.95. The molecule has 16 heteroatoms. The molecule has 42 heavy (non-hydrogen) atoms. The van der Waals surface area contributed by atoms with Crippen LogP contribution in [0.25, 0.3) is 0 Å². The van der Waals surface area contributed by atoms with E-state index >= 15 is 0 Å². The Morgan fingerprint density at radius 2 is 1.60 bits per heavy atom. The van der Waals surface area contributed by atoms with E-state index in [1.54, 1.807) is 13.8 Å². The maximum Gasteiger partial charge on any atom is 0.349 e. The van der Waals surface area contributed by atoms with Gasteiger partial charge in [0.05, 0.1) is 13.0 Å². The second kappa shape index (κ2) is 16.8. The van der Waals surface area contributed by atoms with Crippen molar-refractivity contribution in [2.24, 2.45) is 5.90 Å². The van der Waals surface area contributed by atoms with Crippen LogP contribution in [0.1, 0.15) is 70.7 Å². The van der Waals surface area contributed by atoms with E-state index in [9.17, 15) is 34.1 Å². The lowest BCUT2D eigenvalue weighted by Gasteiger charge is -2.29. The highest BCUT2D eigenvalue weighted by Crippen LogP contribution is 2.24. The molecule has 1 aromatic carbocycles. The van der Waals surface area contributed by atoms with Crippen molar-refractivity contribution in [3.8, 4) is 5.75 Å². The molecule has 0 bridgehead atoms. The summed E-state index contributed by atoms with van der Waals surface area (Å²) < 4.78 is 25.7. The van der Waals surface area contributed by atoms with Gasteiger partial charge in [0.15, 0.2) is 19.3 Å². The number of rotatable bonds is 18. The van der Waals surface area contributed by atoms with Crippen molar-refractivity contribution in [2.45, 2.75) is 77.6 Å². The molecule has 0 aromatic heterocycles. The van der Waals surface area contributed by atoms with E-state index in [0.29, 0.717) is 19.3 Å². The number of ether oxygens (including phenoxy) is 5. The van der Waals surface area contributed by atoms with Crippen LogP contribution in [-0.4, -0.2) is 72.1 Å². The Balaban J connectivity index is 2.64. The molecule has 1 aromatic rings. The summed E-state index contributed by atoms with van der Waals surface area (Å²) in [6, 6.07) is 5.51. The highest BCUT2D eigenvalue weighted by atomic mass is 16.9. The molecule has 0 aliphatic heterocycles. The molecule has 0 fully saturated rings. The average molecular weight is 601 g/mol. The van der Waals surface area contributed by atoms with E-state index in [1.807, 2.05) is 0 Å². The first-order chi connectivity index (χ1) is 19.5. The number of esters is 5. The summed E-state index contributed by atoms with van der Waals surface area (Å²) in [5.74, 6) is -0.00526. The van der Waals surface area contributed by atoms with E-state index in [1.165, 1.54) is 45.0 Å². The van der Waals surface area contributed by atoms with Gasteiger partial charge in [0.25, 0.3) is 5.09 Å². The average Bonchev–Trinajstić information content (AvgIpc) is 2.86. The maximum atomic E-state index is 12.7. The van der Waals surface area contributed by atoms with E-state index in [2.05, 4.69) is 14.4 Å². The minimum Gasteiger partial charge on any atom is -0.460 e. The summed E-state index contributed by atoms with van der Waals surface area (Å²) in [6.45, 7) is 6.15. The molecule has 0 radical (unpaired) electrons. The smallest absolute Gasteiger partial charge is 0.349 e. The Bertz CT molecular complexity index is 1120. The van der Waals surface area contributed by atoms with E-state index in [0.717, 1.165) is 0 Å². The lowest BCUT2D eigenvalue weighted by Crippen LogP contribution is -2.38. The molecule has 0 amide bonds. The molecule has 0 saturated heterocycles. The number of carbonyl (C=O) groups is 5. The monoisotopic (exact) mass is 600 g/mol. The molecule has 0 aliphatic rings. The first-order valence-corrected chi connectivity index (χ1v) is 12.7. The van der Waals surface area contributed by atoms with Crippen LogP contribution in [0, 0.1) is 10.1 Å². The van der Waals surface area contributed by atoms with Crippen LogP contribution in [0.4, 0.5) is 0 Å². The maximum absolute atomic E-state index is 12.7. The molecule has 0 aliphatic carbocycles. The fourth-order valence-electron chi connectivity index (χ4n) is 3.32. The summed E-state index contributed by atoms with van der Waals surface area (Å²) in [4.78, 5) is 79.7. The van der Waals surface area contributed by atoms with Crippen LogP contribution >= 0.6 is 0 Å². The molecular weight excluding hydrogens is 564 g/mol. The van der Waals surface area contributed by atoms with Crippen molar-refractivity contribution in [2.75, 3.05) is 19.8 Å². The molecule has 2 N–H and O–H groups in total. The number of hydrogen-bond donors (Lipinski definition) is 1. The number of nitrogens with two attached hydrogens (primary N) is 1. The molecular formula is C26H36N2O14. The number of unbranched alkanes of at least 4 members (excludes halogenated alkanes) is 1. The topological polar surface area (TPSA) is 219 Å². The van der Waals surface area contributed by atoms with Gasteiger partial charge in [-0.1, -0.05) is 12.1 Å². The molecule has 0 saturated carbocycles. The Hall–Kier alpha value is -4.31. The Morgan fingerprint density at radius 3 is 2.24 bits per heavy atom. The summed E-state index contributed by atoms with van der Waals surface area (Å²) in [7, 11) is 0. The minimum absolute atomic E-state index is 0.0670. The van der Waals surface area contributed by atoms with Crippen LogP contribution in [0.5, 0.6) is 5.75 Å². The van der Waals surface area contributed by atoms with E-state index in [4.69, 9.17) is 24.8 Å². The van der Waals surface area contributed by atoms with Crippen molar-refractivity contribution in [3.05, 3.63) is 39.9 Å². The fourth-order valence-corrected chi connectivity index (χ4v) is 3.32. The predicted molar refractivity (Wildman–Crippen MR) is 140 cm³/mol. The molecule has 1 rings (SSSR count). The first-order valence-electron chi connectivity index (χ1n) is 12.7. The van der Waals surface area contributed by atoms with Gasteiger partial charge in [0.2, 0.25) is 0 Å². The van der Waals surface area contributed by atoms with Crippen LogP contribution < -0.4 is 10.6 Å². The summed E-state index contributed by atoms with van der Waals surface area (Å²) in [5, 5.41) is 9.32. The lowest BCUT2D eigenvalue weighted by atomic mass is 10.0. The van der Waals surface area contributed by atoms with Crippen molar-refractivity contribution >= 4 is 29.8 Å². The van der Waals surface area contributed by atoms with Crippen molar-refractivity contribution < 1.29 is 62.4 Å². The quantitative estimate of drug-likeness (QED) is 0.0636. The van der Waals surface area contributed by atoms with Gasteiger partial charge in [-0.3, -0.25) is 9.63 Å².